The number of hydrogen-bond donors (Lipinski definition) is 0. The Balaban J connectivity index is 1.66. The van der Waals surface area contributed by atoms with E-state index >= 15 is 0 Å². The maximum atomic E-state index is 12.4. The molecule has 0 N–H and O–H groups in total. The standard InChI is InChI=1S/C23H20OS/c1-2-6-18-9-11-19(12-10-18)13-14-21-15-16-23(25-21)22(24)17-20-7-4-3-5-8-20/h3-5,7-12,15-16H,2,6,17H2,1H3. The molecule has 0 aliphatic heterocycles. The van der Waals surface area contributed by atoms with Crippen LogP contribution in [0.5, 0.6) is 0 Å². The third-order valence-corrected chi connectivity index (χ3v) is 4.95. The second-order valence-electron chi connectivity index (χ2n) is 5.95. The molecule has 0 aliphatic rings. The fraction of sp³-hybridized carbons (Fsp3) is 0.174. The van der Waals surface area contributed by atoms with E-state index in [0.29, 0.717) is 6.42 Å². The van der Waals surface area contributed by atoms with Crippen LogP contribution in [0.25, 0.3) is 0 Å². The van der Waals surface area contributed by atoms with Crippen molar-refractivity contribution in [2.75, 3.05) is 0 Å². The second kappa shape index (κ2) is 8.46. The van der Waals surface area contributed by atoms with Crippen LogP contribution in [0.3, 0.4) is 0 Å². The highest BCUT2D eigenvalue weighted by Gasteiger charge is 2.09. The van der Waals surface area contributed by atoms with Gasteiger partial charge in [0, 0.05) is 12.0 Å². The van der Waals surface area contributed by atoms with Gasteiger partial charge >= 0.3 is 0 Å². The van der Waals surface area contributed by atoms with E-state index in [1.54, 1.807) is 0 Å². The van der Waals surface area contributed by atoms with Gasteiger partial charge in [-0.05, 0) is 41.8 Å². The molecule has 2 aromatic carbocycles. The van der Waals surface area contributed by atoms with Crippen LogP contribution in [0.1, 0.15) is 44.6 Å². The first-order chi connectivity index (χ1) is 12.2. The average Bonchev–Trinajstić information content (AvgIpc) is 3.11. The average molecular weight is 344 g/mol. The molecule has 2 heteroatoms. The van der Waals surface area contributed by atoms with Gasteiger partial charge in [0.05, 0.1) is 9.75 Å². The van der Waals surface area contributed by atoms with Crippen LogP contribution in [-0.4, -0.2) is 5.78 Å². The highest BCUT2D eigenvalue weighted by molar-refractivity contribution is 7.14. The van der Waals surface area contributed by atoms with Crippen molar-refractivity contribution in [1.82, 2.24) is 0 Å². The van der Waals surface area contributed by atoms with Gasteiger partial charge in [-0.3, -0.25) is 4.79 Å². The molecular weight excluding hydrogens is 324 g/mol. The predicted molar refractivity (Wildman–Crippen MR) is 105 cm³/mol. The zero-order chi connectivity index (χ0) is 17.5. The summed E-state index contributed by atoms with van der Waals surface area (Å²) in [6.07, 6.45) is 2.69. The van der Waals surface area contributed by atoms with E-state index in [1.165, 1.54) is 16.9 Å². The van der Waals surface area contributed by atoms with E-state index in [2.05, 4.69) is 43.0 Å². The largest absolute Gasteiger partial charge is 0.293 e. The van der Waals surface area contributed by atoms with Crippen LogP contribution in [0.4, 0.5) is 0 Å². The van der Waals surface area contributed by atoms with Crippen molar-refractivity contribution in [3.05, 3.63) is 93.2 Å². The first kappa shape index (κ1) is 17.2. The van der Waals surface area contributed by atoms with Gasteiger partial charge in [-0.1, -0.05) is 67.6 Å². The highest BCUT2D eigenvalue weighted by Crippen LogP contribution is 2.18. The Kier molecular flexibility index (Phi) is 5.82. The Hall–Kier alpha value is -2.63. The summed E-state index contributed by atoms with van der Waals surface area (Å²) in [5.41, 5.74) is 3.39. The highest BCUT2D eigenvalue weighted by atomic mass is 32.1. The topological polar surface area (TPSA) is 17.1 Å². The summed E-state index contributed by atoms with van der Waals surface area (Å²) in [6, 6.07) is 22.0. The van der Waals surface area contributed by atoms with Crippen molar-refractivity contribution < 1.29 is 4.79 Å². The molecule has 25 heavy (non-hydrogen) atoms. The number of carbonyl (C=O) groups is 1. The molecule has 0 saturated carbocycles. The van der Waals surface area contributed by atoms with E-state index in [9.17, 15) is 4.79 Å². The molecule has 0 bridgehead atoms. The Labute approximate surface area is 153 Å². The SMILES string of the molecule is CCCc1ccc(C#Cc2ccc(C(=O)Cc3ccccc3)s2)cc1. The zero-order valence-corrected chi connectivity index (χ0v) is 15.1. The van der Waals surface area contributed by atoms with Crippen molar-refractivity contribution in [3.8, 4) is 11.8 Å². The fourth-order valence-corrected chi connectivity index (χ4v) is 3.40. The lowest BCUT2D eigenvalue weighted by atomic mass is 10.1. The van der Waals surface area contributed by atoms with E-state index in [-0.39, 0.29) is 5.78 Å². The number of ketones is 1. The first-order valence-corrected chi connectivity index (χ1v) is 9.34. The van der Waals surface area contributed by atoms with E-state index in [4.69, 9.17) is 0 Å². The molecule has 0 saturated heterocycles. The second-order valence-corrected chi connectivity index (χ2v) is 7.03. The van der Waals surface area contributed by atoms with Crippen molar-refractivity contribution in [3.63, 3.8) is 0 Å². The minimum absolute atomic E-state index is 0.146. The van der Waals surface area contributed by atoms with Gasteiger partial charge in [-0.15, -0.1) is 11.3 Å². The number of rotatable bonds is 5. The molecular formula is C23H20OS. The van der Waals surface area contributed by atoms with E-state index < -0.39 is 0 Å². The van der Waals surface area contributed by atoms with Crippen LogP contribution >= 0.6 is 11.3 Å². The lowest BCUT2D eigenvalue weighted by molar-refractivity contribution is 0.0997. The molecule has 1 aromatic heterocycles. The number of aryl methyl sites for hydroxylation is 1. The third-order valence-electron chi connectivity index (χ3n) is 3.91. The number of Topliss-reactive ketones (excluding diaryl/α,β-unsaturated/α-hetero) is 1. The summed E-state index contributed by atoms with van der Waals surface area (Å²) in [5.74, 6) is 6.50. The Bertz CT molecular complexity index is 893. The van der Waals surface area contributed by atoms with Crippen LogP contribution in [0, 0.1) is 11.8 Å². The van der Waals surface area contributed by atoms with Crippen molar-refractivity contribution in [2.24, 2.45) is 0 Å². The molecule has 0 fully saturated rings. The van der Waals surface area contributed by atoms with Crippen molar-refractivity contribution in [2.45, 2.75) is 26.2 Å². The van der Waals surface area contributed by atoms with Crippen molar-refractivity contribution >= 4 is 17.1 Å². The Morgan fingerprint density at radius 3 is 2.36 bits per heavy atom. The number of benzene rings is 2. The van der Waals surface area contributed by atoms with Gasteiger partial charge in [-0.25, -0.2) is 0 Å². The molecule has 1 heterocycles. The maximum Gasteiger partial charge on any atom is 0.177 e. The van der Waals surface area contributed by atoms with E-state index in [0.717, 1.165) is 33.7 Å². The van der Waals surface area contributed by atoms with Gasteiger partial charge in [0.15, 0.2) is 5.78 Å². The summed E-state index contributed by atoms with van der Waals surface area (Å²) >= 11 is 1.47. The monoisotopic (exact) mass is 344 g/mol. The lowest BCUT2D eigenvalue weighted by Crippen LogP contribution is -2.00. The van der Waals surface area contributed by atoms with E-state index in [1.807, 2.05) is 42.5 Å². The molecule has 124 valence electrons. The molecule has 3 aromatic rings. The normalized spacial score (nSPS) is 10.1. The molecule has 1 nitrogen and oxygen atoms in total. The summed E-state index contributed by atoms with van der Waals surface area (Å²) in [6.45, 7) is 2.18. The van der Waals surface area contributed by atoms with Crippen LogP contribution in [-0.2, 0) is 12.8 Å². The number of thiophene rings is 1. The maximum absolute atomic E-state index is 12.4. The molecule has 0 unspecified atom stereocenters. The predicted octanol–water partition coefficient (Wildman–Crippen LogP) is 5.53. The summed E-state index contributed by atoms with van der Waals surface area (Å²) < 4.78 is 0. The Morgan fingerprint density at radius 2 is 1.64 bits per heavy atom. The molecule has 0 aliphatic carbocycles. The smallest absolute Gasteiger partial charge is 0.177 e. The van der Waals surface area contributed by atoms with Crippen LogP contribution in [0.15, 0.2) is 66.7 Å². The number of hydrogen-bond acceptors (Lipinski definition) is 2. The minimum atomic E-state index is 0.146. The summed E-state index contributed by atoms with van der Waals surface area (Å²) in [7, 11) is 0. The zero-order valence-electron chi connectivity index (χ0n) is 14.3. The van der Waals surface area contributed by atoms with Gasteiger partial charge in [0.2, 0.25) is 0 Å². The van der Waals surface area contributed by atoms with Crippen LogP contribution < -0.4 is 0 Å². The van der Waals surface area contributed by atoms with Gasteiger partial charge < -0.3 is 0 Å². The lowest BCUT2D eigenvalue weighted by Gasteiger charge is -1.98. The van der Waals surface area contributed by atoms with Gasteiger partial charge in [0.1, 0.15) is 0 Å². The molecule has 0 spiro atoms. The Morgan fingerprint density at radius 1 is 0.880 bits per heavy atom. The quantitative estimate of drug-likeness (QED) is 0.439. The van der Waals surface area contributed by atoms with Crippen molar-refractivity contribution in [1.29, 1.82) is 0 Å². The van der Waals surface area contributed by atoms with Gasteiger partial charge in [-0.2, -0.15) is 0 Å². The fourth-order valence-electron chi connectivity index (χ4n) is 2.60. The van der Waals surface area contributed by atoms with Crippen LogP contribution in [0.2, 0.25) is 0 Å². The molecule has 0 radical (unpaired) electrons. The molecule has 0 atom stereocenters. The molecule has 0 amide bonds. The number of carbonyl (C=O) groups excluding carboxylic acids is 1. The third kappa shape index (κ3) is 4.92. The summed E-state index contributed by atoms with van der Waals surface area (Å²) in [5, 5.41) is 0. The minimum Gasteiger partial charge on any atom is -0.293 e. The summed E-state index contributed by atoms with van der Waals surface area (Å²) in [4.78, 5) is 14.1. The van der Waals surface area contributed by atoms with Gasteiger partial charge in [0.25, 0.3) is 0 Å². The first-order valence-electron chi connectivity index (χ1n) is 8.52. The molecule has 3 rings (SSSR count).